The molecule has 0 bridgehead atoms. The summed E-state index contributed by atoms with van der Waals surface area (Å²) in [7, 11) is -1.86. The van der Waals surface area contributed by atoms with E-state index in [1.54, 1.807) is 37.8 Å². The smallest absolute Gasteiger partial charge is 0.299 e. The molecule has 1 N–H and O–H groups in total. The van der Waals surface area contributed by atoms with E-state index < -0.39 is 9.84 Å². The summed E-state index contributed by atoms with van der Waals surface area (Å²) < 4.78 is 35.6. The normalized spacial score (nSPS) is 11.3. The maximum absolute atomic E-state index is 12.2. The lowest BCUT2D eigenvalue weighted by molar-refractivity contribution is 0.416. The molecule has 0 fully saturated rings. The van der Waals surface area contributed by atoms with Crippen LogP contribution in [0.3, 0.4) is 0 Å². The van der Waals surface area contributed by atoms with Crippen LogP contribution < -0.4 is 10.1 Å². The third-order valence-corrected chi connectivity index (χ3v) is 6.40. The quantitative estimate of drug-likeness (QED) is 0.456. The van der Waals surface area contributed by atoms with Gasteiger partial charge in [-0.1, -0.05) is 25.1 Å². The molecule has 4 aromatic rings. The van der Waals surface area contributed by atoms with E-state index in [0.717, 1.165) is 16.8 Å². The van der Waals surface area contributed by atoms with Crippen molar-refractivity contribution >= 4 is 21.5 Å². The summed E-state index contributed by atoms with van der Waals surface area (Å²) in [6.07, 6.45) is 6.54. The van der Waals surface area contributed by atoms with Crippen LogP contribution in [0.15, 0.2) is 76.6 Å². The number of hydrogen-bond acceptors (Lipinski definition) is 8. The molecule has 0 saturated carbocycles. The predicted octanol–water partition coefficient (Wildman–Crippen LogP) is 4.34. The van der Waals surface area contributed by atoms with Crippen LogP contribution in [0.2, 0.25) is 0 Å². The van der Waals surface area contributed by atoms with Crippen molar-refractivity contribution in [3.63, 3.8) is 0 Å². The molecule has 0 saturated heterocycles. The topological polar surface area (TPSA) is 107 Å². The Kier molecular flexibility index (Phi) is 5.68. The highest BCUT2D eigenvalue weighted by Gasteiger charge is 2.16. The second-order valence-electron chi connectivity index (χ2n) is 6.59. The van der Waals surface area contributed by atoms with E-state index in [1.807, 2.05) is 24.3 Å². The summed E-state index contributed by atoms with van der Waals surface area (Å²) in [6, 6.07) is 12.5. The first kappa shape index (κ1) is 20.5. The molecule has 0 unspecified atom stereocenters. The molecule has 8 nitrogen and oxygen atoms in total. The SMILES string of the molecule is CCS(=O)(=O)c1ccc(OC)c(Nc2ncc(-c3cccc(-c4cnccn4)c3)o2)c1. The van der Waals surface area contributed by atoms with Gasteiger partial charge in [-0.15, -0.1) is 0 Å². The van der Waals surface area contributed by atoms with Gasteiger partial charge >= 0.3 is 0 Å². The van der Waals surface area contributed by atoms with Gasteiger partial charge in [0.05, 0.1) is 41.5 Å². The lowest BCUT2D eigenvalue weighted by Crippen LogP contribution is -2.05. The van der Waals surface area contributed by atoms with E-state index in [9.17, 15) is 8.42 Å². The molecule has 31 heavy (non-hydrogen) atoms. The van der Waals surface area contributed by atoms with Gasteiger partial charge in [0.2, 0.25) is 0 Å². The Labute approximate surface area is 179 Å². The fourth-order valence-electron chi connectivity index (χ4n) is 3.01. The molecule has 0 atom stereocenters. The highest BCUT2D eigenvalue weighted by Crippen LogP contribution is 2.32. The second kappa shape index (κ2) is 8.57. The van der Waals surface area contributed by atoms with Gasteiger partial charge in [0.1, 0.15) is 5.75 Å². The van der Waals surface area contributed by atoms with Crippen molar-refractivity contribution in [2.24, 2.45) is 0 Å². The van der Waals surface area contributed by atoms with Crippen molar-refractivity contribution in [3.8, 4) is 28.3 Å². The van der Waals surface area contributed by atoms with Crippen LogP contribution in [-0.4, -0.2) is 36.2 Å². The number of sulfone groups is 1. The van der Waals surface area contributed by atoms with Gasteiger partial charge in [0, 0.05) is 23.5 Å². The van der Waals surface area contributed by atoms with E-state index in [-0.39, 0.29) is 16.7 Å². The number of ether oxygens (including phenoxy) is 1. The lowest BCUT2D eigenvalue weighted by atomic mass is 10.1. The molecule has 0 aliphatic carbocycles. The van der Waals surface area contributed by atoms with Crippen LogP contribution in [0, 0.1) is 0 Å². The Morgan fingerprint density at radius 1 is 1.03 bits per heavy atom. The van der Waals surface area contributed by atoms with Crippen LogP contribution in [-0.2, 0) is 9.84 Å². The fraction of sp³-hybridized carbons (Fsp3) is 0.136. The first-order chi connectivity index (χ1) is 15.0. The van der Waals surface area contributed by atoms with Crippen LogP contribution in [0.4, 0.5) is 11.7 Å². The van der Waals surface area contributed by atoms with Crippen molar-refractivity contribution < 1.29 is 17.6 Å². The Bertz CT molecular complexity index is 1300. The van der Waals surface area contributed by atoms with E-state index in [1.165, 1.54) is 19.2 Å². The zero-order valence-corrected chi connectivity index (χ0v) is 17.8. The van der Waals surface area contributed by atoms with Gasteiger partial charge in [0.15, 0.2) is 15.6 Å². The standard InChI is InChI=1S/C22H20N4O4S/c1-3-31(27,28)17-7-8-20(29-2)18(12-17)26-22-25-14-21(30-22)16-6-4-5-15(11-16)19-13-23-9-10-24-19/h4-14H,3H2,1-2H3,(H,25,26). The monoisotopic (exact) mass is 436 g/mol. The summed E-state index contributed by atoms with van der Waals surface area (Å²) in [5.41, 5.74) is 2.91. The van der Waals surface area contributed by atoms with Crippen molar-refractivity contribution in [1.82, 2.24) is 15.0 Å². The minimum atomic E-state index is -3.36. The molecule has 0 amide bonds. The molecule has 0 radical (unpaired) electrons. The van der Waals surface area contributed by atoms with Crippen molar-refractivity contribution in [3.05, 3.63) is 67.3 Å². The van der Waals surface area contributed by atoms with E-state index >= 15 is 0 Å². The number of nitrogens with zero attached hydrogens (tertiary/aromatic N) is 3. The summed E-state index contributed by atoms with van der Waals surface area (Å²) >= 11 is 0. The molecule has 0 aliphatic rings. The lowest BCUT2D eigenvalue weighted by Gasteiger charge is -2.11. The molecule has 2 aromatic carbocycles. The van der Waals surface area contributed by atoms with Gasteiger partial charge in [-0.25, -0.2) is 13.4 Å². The van der Waals surface area contributed by atoms with E-state index in [4.69, 9.17) is 9.15 Å². The molecule has 9 heteroatoms. The number of anilines is 2. The third kappa shape index (κ3) is 4.41. The minimum absolute atomic E-state index is 0.00402. The van der Waals surface area contributed by atoms with Gasteiger partial charge in [0.25, 0.3) is 6.01 Å². The Morgan fingerprint density at radius 3 is 2.61 bits per heavy atom. The summed E-state index contributed by atoms with van der Waals surface area (Å²) in [5, 5.41) is 3.01. The highest BCUT2D eigenvalue weighted by atomic mass is 32.2. The molecule has 0 aliphatic heterocycles. The molecule has 0 spiro atoms. The number of benzene rings is 2. The van der Waals surface area contributed by atoms with Crippen molar-refractivity contribution in [1.29, 1.82) is 0 Å². The fourth-order valence-corrected chi connectivity index (χ4v) is 3.91. The number of hydrogen-bond donors (Lipinski definition) is 1. The summed E-state index contributed by atoms with van der Waals surface area (Å²) in [6.45, 7) is 1.60. The van der Waals surface area contributed by atoms with Crippen molar-refractivity contribution in [2.45, 2.75) is 11.8 Å². The van der Waals surface area contributed by atoms with Gasteiger partial charge < -0.3 is 14.5 Å². The predicted molar refractivity (Wildman–Crippen MR) is 117 cm³/mol. The highest BCUT2D eigenvalue weighted by molar-refractivity contribution is 7.91. The molecule has 158 valence electrons. The average molecular weight is 436 g/mol. The first-order valence-electron chi connectivity index (χ1n) is 9.50. The van der Waals surface area contributed by atoms with Gasteiger partial charge in [-0.3, -0.25) is 9.97 Å². The number of aromatic nitrogens is 3. The molecule has 2 aromatic heterocycles. The Morgan fingerprint density at radius 2 is 1.87 bits per heavy atom. The largest absolute Gasteiger partial charge is 0.495 e. The van der Waals surface area contributed by atoms with Gasteiger partial charge in [-0.05, 0) is 24.3 Å². The first-order valence-corrected chi connectivity index (χ1v) is 11.2. The summed E-state index contributed by atoms with van der Waals surface area (Å²) in [4.78, 5) is 12.9. The van der Waals surface area contributed by atoms with Crippen LogP contribution in [0.5, 0.6) is 5.75 Å². The van der Waals surface area contributed by atoms with E-state index in [2.05, 4.69) is 20.3 Å². The van der Waals surface area contributed by atoms with Crippen molar-refractivity contribution in [2.75, 3.05) is 18.2 Å². The average Bonchev–Trinajstić information content (AvgIpc) is 3.28. The maximum Gasteiger partial charge on any atom is 0.299 e. The Balaban J connectivity index is 1.63. The van der Waals surface area contributed by atoms with Crippen LogP contribution in [0.25, 0.3) is 22.6 Å². The zero-order chi connectivity index (χ0) is 21.8. The van der Waals surface area contributed by atoms with Gasteiger partial charge in [-0.2, -0.15) is 0 Å². The van der Waals surface area contributed by atoms with Crippen LogP contribution in [0.1, 0.15) is 6.92 Å². The second-order valence-corrected chi connectivity index (χ2v) is 8.87. The molecule has 2 heterocycles. The number of oxazole rings is 1. The zero-order valence-electron chi connectivity index (χ0n) is 16.9. The van der Waals surface area contributed by atoms with Crippen LogP contribution >= 0.6 is 0 Å². The summed E-state index contributed by atoms with van der Waals surface area (Å²) in [5.74, 6) is 1.02. The number of rotatable bonds is 7. The maximum atomic E-state index is 12.2. The third-order valence-electron chi connectivity index (χ3n) is 4.66. The minimum Gasteiger partial charge on any atom is -0.495 e. The molecular weight excluding hydrogens is 416 g/mol. The number of methoxy groups -OCH3 is 1. The molecule has 4 rings (SSSR count). The Hall–Kier alpha value is -3.72. The number of nitrogens with one attached hydrogen (secondary N) is 1. The van der Waals surface area contributed by atoms with E-state index in [0.29, 0.717) is 17.2 Å². The molecular formula is C22H20N4O4S.